The fourth-order valence-corrected chi connectivity index (χ4v) is 3.65. The predicted octanol–water partition coefficient (Wildman–Crippen LogP) is 2.11. The maximum Gasteiger partial charge on any atom is 0.259 e. The van der Waals surface area contributed by atoms with Gasteiger partial charge in [-0.1, -0.05) is 6.07 Å². The summed E-state index contributed by atoms with van der Waals surface area (Å²) < 4.78 is 15.9. The van der Waals surface area contributed by atoms with Gasteiger partial charge in [0.1, 0.15) is 5.56 Å². The predicted molar refractivity (Wildman–Crippen MR) is 105 cm³/mol. The van der Waals surface area contributed by atoms with E-state index in [-0.39, 0.29) is 18.5 Å². The molecule has 1 atom stereocenters. The second-order valence-corrected chi connectivity index (χ2v) is 7.82. The average molecular weight is 398 g/mol. The Hall–Kier alpha value is -3.07. The zero-order chi connectivity index (χ0) is 20.6. The zero-order valence-electron chi connectivity index (χ0n) is 16.3. The number of hydrogen-bond donors (Lipinski definition) is 2. The standard InChI is InChI=1S/C20H23FN6O2/c1-20(2,29)12-24-19(28)15-17-23-9-5-11-27(17)25-18(15)26-10-4-7-14(26)13-6-3-8-22-16(13)21/h3,5-6,8-9,11,14,29H,4,7,10,12H2,1-2H3,(H,24,28). The Balaban J connectivity index is 1.77. The van der Waals surface area contributed by atoms with Crippen molar-refractivity contribution < 1.29 is 14.3 Å². The lowest BCUT2D eigenvalue weighted by Gasteiger charge is -2.26. The molecule has 9 heteroatoms. The Morgan fingerprint density at radius 1 is 1.34 bits per heavy atom. The molecule has 0 radical (unpaired) electrons. The number of aromatic nitrogens is 4. The molecule has 0 spiro atoms. The van der Waals surface area contributed by atoms with Crippen LogP contribution in [0.3, 0.4) is 0 Å². The first-order valence-electron chi connectivity index (χ1n) is 9.56. The summed E-state index contributed by atoms with van der Waals surface area (Å²) in [7, 11) is 0. The minimum Gasteiger partial charge on any atom is -0.389 e. The maximum atomic E-state index is 14.4. The van der Waals surface area contributed by atoms with E-state index < -0.39 is 11.5 Å². The number of aliphatic hydroxyl groups is 1. The van der Waals surface area contributed by atoms with Gasteiger partial charge in [0.25, 0.3) is 5.91 Å². The van der Waals surface area contributed by atoms with E-state index >= 15 is 0 Å². The van der Waals surface area contributed by atoms with E-state index in [2.05, 4.69) is 20.4 Å². The molecule has 1 fully saturated rings. The molecule has 1 aliphatic heterocycles. The smallest absolute Gasteiger partial charge is 0.259 e. The minimum atomic E-state index is -1.05. The third-order valence-electron chi connectivity index (χ3n) is 4.96. The van der Waals surface area contributed by atoms with Crippen molar-refractivity contribution >= 4 is 17.4 Å². The number of anilines is 1. The van der Waals surface area contributed by atoms with Gasteiger partial charge < -0.3 is 15.3 Å². The van der Waals surface area contributed by atoms with Crippen LogP contribution >= 0.6 is 0 Å². The third-order valence-corrected chi connectivity index (χ3v) is 4.96. The van der Waals surface area contributed by atoms with Gasteiger partial charge in [0, 0.05) is 37.2 Å². The lowest BCUT2D eigenvalue weighted by Crippen LogP contribution is -2.38. The first-order chi connectivity index (χ1) is 13.8. The molecular weight excluding hydrogens is 375 g/mol. The third kappa shape index (κ3) is 3.77. The zero-order valence-corrected chi connectivity index (χ0v) is 16.3. The van der Waals surface area contributed by atoms with E-state index in [1.54, 1.807) is 49.0 Å². The molecule has 1 amide bonds. The second kappa shape index (κ2) is 7.40. The number of hydrogen-bond acceptors (Lipinski definition) is 6. The molecule has 0 aromatic carbocycles. The quantitative estimate of drug-likeness (QED) is 0.639. The molecule has 8 nitrogen and oxygen atoms in total. The normalized spacial score (nSPS) is 17.1. The largest absolute Gasteiger partial charge is 0.389 e. The molecule has 4 rings (SSSR count). The number of carbonyl (C=O) groups excluding carboxylic acids is 1. The van der Waals surface area contributed by atoms with Gasteiger partial charge in [0.05, 0.1) is 11.6 Å². The molecule has 3 aromatic rings. The molecular formula is C20H23FN6O2. The maximum absolute atomic E-state index is 14.4. The first-order valence-corrected chi connectivity index (χ1v) is 9.56. The molecule has 29 heavy (non-hydrogen) atoms. The van der Waals surface area contributed by atoms with Crippen molar-refractivity contribution in [2.24, 2.45) is 0 Å². The molecule has 152 valence electrons. The van der Waals surface area contributed by atoms with Crippen molar-refractivity contribution in [2.75, 3.05) is 18.0 Å². The minimum absolute atomic E-state index is 0.0795. The van der Waals surface area contributed by atoms with Gasteiger partial charge in [-0.2, -0.15) is 4.39 Å². The van der Waals surface area contributed by atoms with Gasteiger partial charge in [0.15, 0.2) is 11.5 Å². The summed E-state index contributed by atoms with van der Waals surface area (Å²) in [6, 6.07) is 4.88. The van der Waals surface area contributed by atoms with Gasteiger partial charge in [-0.15, -0.1) is 5.10 Å². The van der Waals surface area contributed by atoms with E-state index in [0.717, 1.165) is 12.8 Å². The molecule has 3 aromatic heterocycles. The van der Waals surface area contributed by atoms with Crippen molar-refractivity contribution in [2.45, 2.75) is 38.3 Å². The number of halogens is 1. The number of nitrogens with one attached hydrogen (secondary N) is 1. The van der Waals surface area contributed by atoms with Crippen LogP contribution in [0.1, 0.15) is 48.7 Å². The van der Waals surface area contributed by atoms with Gasteiger partial charge >= 0.3 is 0 Å². The Kier molecular flexibility index (Phi) is 4.91. The molecule has 1 saturated heterocycles. The van der Waals surface area contributed by atoms with Crippen LogP contribution < -0.4 is 10.2 Å². The monoisotopic (exact) mass is 398 g/mol. The number of fused-ring (bicyclic) bond motifs is 1. The topological polar surface area (TPSA) is 95.7 Å². The SMILES string of the molecule is CC(C)(O)CNC(=O)c1c(N2CCCC2c2cccnc2F)nn2cccnc12. The van der Waals surface area contributed by atoms with E-state index in [4.69, 9.17) is 0 Å². The summed E-state index contributed by atoms with van der Waals surface area (Å²) in [4.78, 5) is 23.1. The van der Waals surface area contributed by atoms with Crippen molar-refractivity contribution in [3.8, 4) is 0 Å². The average Bonchev–Trinajstić information content (AvgIpc) is 3.30. The first kappa shape index (κ1) is 19.3. The summed E-state index contributed by atoms with van der Waals surface area (Å²) >= 11 is 0. The Morgan fingerprint density at radius 2 is 2.14 bits per heavy atom. The molecule has 4 heterocycles. The Bertz CT molecular complexity index is 1040. The number of nitrogens with zero attached hydrogens (tertiary/aromatic N) is 5. The molecule has 1 aliphatic rings. The fourth-order valence-electron chi connectivity index (χ4n) is 3.65. The van der Waals surface area contributed by atoms with Crippen LogP contribution in [0.15, 0.2) is 36.8 Å². The number of amides is 1. The Morgan fingerprint density at radius 3 is 2.90 bits per heavy atom. The second-order valence-electron chi connectivity index (χ2n) is 7.82. The number of rotatable bonds is 5. The van der Waals surface area contributed by atoms with Crippen molar-refractivity contribution in [1.82, 2.24) is 24.9 Å². The lowest BCUT2D eigenvalue weighted by atomic mass is 10.1. The van der Waals surface area contributed by atoms with Crippen molar-refractivity contribution in [3.63, 3.8) is 0 Å². The van der Waals surface area contributed by atoms with Crippen LogP contribution in [-0.2, 0) is 0 Å². The summed E-state index contributed by atoms with van der Waals surface area (Å²) in [5, 5.41) is 17.3. The van der Waals surface area contributed by atoms with Gasteiger partial charge in [-0.3, -0.25) is 4.79 Å². The van der Waals surface area contributed by atoms with Crippen LogP contribution in [0.4, 0.5) is 10.2 Å². The highest BCUT2D eigenvalue weighted by atomic mass is 19.1. The van der Waals surface area contributed by atoms with E-state index in [9.17, 15) is 14.3 Å². The van der Waals surface area contributed by atoms with E-state index in [1.807, 2.05) is 4.90 Å². The highest BCUT2D eigenvalue weighted by Crippen LogP contribution is 2.38. The summed E-state index contributed by atoms with van der Waals surface area (Å²) in [5.41, 5.74) is 0.151. The summed E-state index contributed by atoms with van der Waals surface area (Å²) in [6.07, 6.45) is 6.30. The molecule has 0 bridgehead atoms. The molecule has 0 aliphatic carbocycles. The fraction of sp³-hybridized carbons (Fsp3) is 0.400. The summed E-state index contributed by atoms with van der Waals surface area (Å²) in [5.74, 6) is -0.449. The van der Waals surface area contributed by atoms with Crippen molar-refractivity contribution in [1.29, 1.82) is 0 Å². The van der Waals surface area contributed by atoms with E-state index in [0.29, 0.717) is 29.1 Å². The summed E-state index contributed by atoms with van der Waals surface area (Å²) in [6.45, 7) is 3.94. The number of pyridine rings is 1. The van der Waals surface area contributed by atoms with Crippen LogP contribution in [-0.4, -0.2) is 49.3 Å². The molecule has 1 unspecified atom stereocenters. The van der Waals surface area contributed by atoms with Crippen LogP contribution in [0.25, 0.3) is 5.65 Å². The van der Waals surface area contributed by atoms with Crippen LogP contribution in [0.5, 0.6) is 0 Å². The van der Waals surface area contributed by atoms with Gasteiger partial charge in [-0.05, 0) is 38.8 Å². The van der Waals surface area contributed by atoms with Gasteiger partial charge in [-0.25, -0.2) is 14.5 Å². The highest BCUT2D eigenvalue weighted by molar-refractivity contribution is 6.04. The van der Waals surface area contributed by atoms with E-state index in [1.165, 1.54) is 6.20 Å². The van der Waals surface area contributed by atoms with Crippen molar-refractivity contribution in [3.05, 3.63) is 53.9 Å². The van der Waals surface area contributed by atoms with Crippen LogP contribution in [0.2, 0.25) is 0 Å². The molecule has 2 N–H and O–H groups in total. The number of carbonyl (C=O) groups is 1. The van der Waals surface area contributed by atoms with Crippen LogP contribution in [0, 0.1) is 5.95 Å². The highest BCUT2D eigenvalue weighted by Gasteiger charge is 2.34. The molecule has 0 saturated carbocycles. The Labute approximate surface area is 167 Å². The van der Waals surface area contributed by atoms with Gasteiger partial charge in [0.2, 0.25) is 5.95 Å². The lowest BCUT2D eigenvalue weighted by molar-refractivity contribution is 0.0695.